The highest BCUT2D eigenvalue weighted by atomic mass is 32.2. The van der Waals surface area contributed by atoms with Gasteiger partial charge in [0.2, 0.25) is 0 Å². The van der Waals surface area contributed by atoms with E-state index in [1.807, 2.05) is 18.2 Å². The lowest BCUT2D eigenvalue weighted by atomic mass is 10.0. The molecule has 0 aromatic carbocycles. The fraction of sp³-hybridized carbons (Fsp3) is 0.615. The SMILES string of the molecule is CC(C)C[C@@H](NCCS(C)(=O)=O)c1ccccn1. The van der Waals surface area contributed by atoms with Crippen molar-refractivity contribution < 1.29 is 8.42 Å². The zero-order chi connectivity index (χ0) is 13.6. The van der Waals surface area contributed by atoms with Gasteiger partial charge in [-0.1, -0.05) is 19.9 Å². The standard InChI is InChI=1S/C13H22N2O2S/c1-11(2)10-13(12-6-4-5-7-14-12)15-8-9-18(3,16)17/h4-7,11,13,15H,8-10H2,1-3H3/t13-/m1/s1. The van der Waals surface area contributed by atoms with Gasteiger partial charge in [0.15, 0.2) is 0 Å². The Hall–Kier alpha value is -0.940. The van der Waals surface area contributed by atoms with Gasteiger partial charge in [-0.3, -0.25) is 4.98 Å². The molecule has 102 valence electrons. The van der Waals surface area contributed by atoms with E-state index >= 15 is 0 Å². The van der Waals surface area contributed by atoms with Gasteiger partial charge < -0.3 is 5.32 Å². The van der Waals surface area contributed by atoms with Gasteiger partial charge in [0, 0.05) is 25.0 Å². The Morgan fingerprint density at radius 3 is 2.56 bits per heavy atom. The van der Waals surface area contributed by atoms with Crippen LogP contribution in [-0.2, 0) is 9.84 Å². The summed E-state index contributed by atoms with van der Waals surface area (Å²) in [4.78, 5) is 4.34. The largest absolute Gasteiger partial charge is 0.308 e. The third kappa shape index (κ3) is 6.12. The third-order valence-electron chi connectivity index (χ3n) is 2.62. The van der Waals surface area contributed by atoms with E-state index in [0.29, 0.717) is 12.5 Å². The Morgan fingerprint density at radius 1 is 1.33 bits per heavy atom. The maximum Gasteiger partial charge on any atom is 0.148 e. The Labute approximate surface area is 110 Å². The average Bonchev–Trinajstić information content (AvgIpc) is 2.27. The van der Waals surface area contributed by atoms with E-state index < -0.39 is 9.84 Å². The number of nitrogens with zero attached hydrogens (tertiary/aromatic N) is 1. The van der Waals surface area contributed by atoms with Crippen molar-refractivity contribution in [3.63, 3.8) is 0 Å². The third-order valence-corrected chi connectivity index (χ3v) is 3.56. The maximum absolute atomic E-state index is 11.1. The molecule has 0 saturated carbocycles. The molecule has 0 radical (unpaired) electrons. The lowest BCUT2D eigenvalue weighted by Crippen LogP contribution is -2.28. The lowest BCUT2D eigenvalue weighted by Gasteiger charge is -2.20. The first kappa shape index (κ1) is 15.1. The topological polar surface area (TPSA) is 59.1 Å². The normalized spacial score (nSPS) is 13.8. The van der Waals surface area contributed by atoms with Crippen molar-refractivity contribution in [1.82, 2.24) is 10.3 Å². The van der Waals surface area contributed by atoms with Crippen LogP contribution in [0.2, 0.25) is 0 Å². The Bertz CT molecular complexity index is 443. The van der Waals surface area contributed by atoms with Crippen molar-refractivity contribution in [1.29, 1.82) is 0 Å². The Kier molecular flexibility index (Phi) is 5.75. The first-order valence-electron chi connectivity index (χ1n) is 6.20. The first-order chi connectivity index (χ1) is 8.38. The minimum atomic E-state index is -2.91. The highest BCUT2D eigenvalue weighted by Crippen LogP contribution is 2.18. The van der Waals surface area contributed by atoms with Crippen LogP contribution in [0, 0.1) is 5.92 Å². The minimum Gasteiger partial charge on any atom is -0.308 e. The minimum absolute atomic E-state index is 0.118. The number of hydrogen-bond acceptors (Lipinski definition) is 4. The summed E-state index contributed by atoms with van der Waals surface area (Å²) in [6, 6.07) is 5.92. The number of pyridine rings is 1. The summed E-state index contributed by atoms with van der Waals surface area (Å²) in [5.41, 5.74) is 0.972. The van der Waals surface area contributed by atoms with Gasteiger partial charge in [-0.25, -0.2) is 8.42 Å². The first-order valence-corrected chi connectivity index (χ1v) is 8.26. The molecule has 1 N–H and O–H groups in total. The van der Waals surface area contributed by atoms with E-state index in [9.17, 15) is 8.42 Å². The van der Waals surface area contributed by atoms with Crippen molar-refractivity contribution >= 4 is 9.84 Å². The predicted octanol–water partition coefficient (Wildman–Crippen LogP) is 1.80. The summed E-state index contributed by atoms with van der Waals surface area (Å²) in [6.45, 7) is 4.76. The van der Waals surface area contributed by atoms with Crippen LogP contribution >= 0.6 is 0 Å². The number of rotatable bonds is 7. The van der Waals surface area contributed by atoms with E-state index in [-0.39, 0.29) is 11.8 Å². The molecule has 0 aliphatic rings. The van der Waals surface area contributed by atoms with Crippen LogP contribution in [0.15, 0.2) is 24.4 Å². The Morgan fingerprint density at radius 2 is 2.06 bits per heavy atom. The molecule has 0 amide bonds. The van der Waals surface area contributed by atoms with Gasteiger partial charge in [-0.2, -0.15) is 0 Å². The molecular formula is C13H22N2O2S. The zero-order valence-electron chi connectivity index (χ0n) is 11.3. The fourth-order valence-electron chi connectivity index (χ4n) is 1.78. The van der Waals surface area contributed by atoms with Crippen LogP contribution in [0.25, 0.3) is 0 Å². The molecule has 0 aliphatic heterocycles. The van der Waals surface area contributed by atoms with E-state index in [2.05, 4.69) is 24.1 Å². The summed E-state index contributed by atoms with van der Waals surface area (Å²) in [6.07, 6.45) is 3.97. The molecule has 0 aliphatic carbocycles. The number of aromatic nitrogens is 1. The van der Waals surface area contributed by atoms with Crippen molar-refractivity contribution in [2.24, 2.45) is 5.92 Å². The quantitative estimate of drug-likeness (QED) is 0.821. The highest BCUT2D eigenvalue weighted by Gasteiger charge is 2.14. The van der Waals surface area contributed by atoms with Crippen LogP contribution in [0.5, 0.6) is 0 Å². The molecular weight excluding hydrogens is 248 g/mol. The van der Waals surface area contributed by atoms with Gasteiger partial charge in [0.1, 0.15) is 9.84 Å². The summed E-state index contributed by atoms with van der Waals surface area (Å²) in [5, 5.41) is 3.28. The summed E-state index contributed by atoms with van der Waals surface area (Å²) >= 11 is 0. The van der Waals surface area contributed by atoms with Crippen LogP contribution in [0.4, 0.5) is 0 Å². The number of hydrogen-bond donors (Lipinski definition) is 1. The molecule has 0 fully saturated rings. The van der Waals surface area contributed by atoms with Gasteiger partial charge in [-0.15, -0.1) is 0 Å². The highest BCUT2D eigenvalue weighted by molar-refractivity contribution is 7.90. The van der Waals surface area contributed by atoms with Gasteiger partial charge in [-0.05, 0) is 24.5 Å². The van der Waals surface area contributed by atoms with Crippen molar-refractivity contribution in [2.75, 3.05) is 18.6 Å². The fourth-order valence-corrected chi connectivity index (χ4v) is 2.27. The van der Waals surface area contributed by atoms with Crippen molar-refractivity contribution in [3.05, 3.63) is 30.1 Å². The molecule has 1 aromatic rings. The molecule has 18 heavy (non-hydrogen) atoms. The van der Waals surface area contributed by atoms with E-state index in [1.165, 1.54) is 6.26 Å². The van der Waals surface area contributed by atoms with Crippen molar-refractivity contribution in [2.45, 2.75) is 26.3 Å². The molecule has 0 bridgehead atoms. The maximum atomic E-state index is 11.1. The van der Waals surface area contributed by atoms with E-state index in [4.69, 9.17) is 0 Å². The van der Waals surface area contributed by atoms with Crippen molar-refractivity contribution in [3.8, 4) is 0 Å². The number of nitrogens with one attached hydrogen (secondary N) is 1. The Balaban J connectivity index is 2.62. The van der Waals surface area contributed by atoms with Crippen LogP contribution in [-0.4, -0.2) is 32.0 Å². The molecule has 1 atom stereocenters. The smallest absolute Gasteiger partial charge is 0.148 e. The molecule has 0 spiro atoms. The molecule has 5 heteroatoms. The molecule has 1 aromatic heterocycles. The van der Waals surface area contributed by atoms with Crippen LogP contribution < -0.4 is 5.32 Å². The second-order valence-electron chi connectivity index (χ2n) is 5.02. The molecule has 1 rings (SSSR count). The van der Waals surface area contributed by atoms with Crippen LogP contribution in [0.1, 0.15) is 32.0 Å². The summed E-state index contributed by atoms with van der Waals surface area (Å²) in [5.74, 6) is 0.691. The number of sulfone groups is 1. The second kappa shape index (κ2) is 6.85. The lowest BCUT2D eigenvalue weighted by molar-refractivity contribution is 0.430. The van der Waals surface area contributed by atoms with E-state index in [0.717, 1.165) is 12.1 Å². The second-order valence-corrected chi connectivity index (χ2v) is 7.28. The van der Waals surface area contributed by atoms with Gasteiger partial charge in [0.05, 0.1) is 11.4 Å². The van der Waals surface area contributed by atoms with Crippen LogP contribution in [0.3, 0.4) is 0 Å². The monoisotopic (exact) mass is 270 g/mol. The predicted molar refractivity (Wildman–Crippen MR) is 74.1 cm³/mol. The zero-order valence-corrected chi connectivity index (χ0v) is 12.1. The van der Waals surface area contributed by atoms with Gasteiger partial charge in [0.25, 0.3) is 0 Å². The molecule has 0 unspecified atom stereocenters. The molecule has 1 heterocycles. The molecule has 0 saturated heterocycles. The van der Waals surface area contributed by atoms with E-state index in [1.54, 1.807) is 6.20 Å². The molecule has 4 nitrogen and oxygen atoms in total. The summed E-state index contributed by atoms with van der Waals surface area (Å²) in [7, 11) is -2.91. The summed E-state index contributed by atoms with van der Waals surface area (Å²) < 4.78 is 22.2. The van der Waals surface area contributed by atoms with Gasteiger partial charge >= 0.3 is 0 Å². The average molecular weight is 270 g/mol.